The minimum Gasteiger partial charge on any atom is -0.355 e. The maximum Gasteiger partial charge on any atom is 0.321 e. The summed E-state index contributed by atoms with van der Waals surface area (Å²) in [6.07, 6.45) is 1.65. The number of rotatable bonds is 4. The van der Waals surface area contributed by atoms with Crippen molar-refractivity contribution < 1.29 is 9.59 Å². The summed E-state index contributed by atoms with van der Waals surface area (Å²) >= 11 is 0. The van der Waals surface area contributed by atoms with Crippen molar-refractivity contribution in [2.45, 2.75) is 12.8 Å². The van der Waals surface area contributed by atoms with Gasteiger partial charge in [0.05, 0.1) is 5.92 Å². The molecule has 1 aromatic carbocycles. The van der Waals surface area contributed by atoms with Crippen molar-refractivity contribution in [2.24, 2.45) is 11.7 Å². The Labute approximate surface area is 136 Å². The average molecular weight is 327 g/mol. The molecule has 0 radical (unpaired) electrons. The highest BCUT2D eigenvalue weighted by Gasteiger charge is 2.28. The van der Waals surface area contributed by atoms with Gasteiger partial charge in [-0.05, 0) is 25.0 Å². The molecule has 4 N–H and O–H groups in total. The molecular weight excluding hydrogens is 304 g/mol. The smallest absolute Gasteiger partial charge is 0.321 e. The molecule has 7 heteroatoms. The van der Waals surface area contributed by atoms with E-state index in [1.54, 1.807) is 4.90 Å². The van der Waals surface area contributed by atoms with Gasteiger partial charge in [0.2, 0.25) is 5.91 Å². The van der Waals surface area contributed by atoms with E-state index in [0.717, 1.165) is 18.5 Å². The van der Waals surface area contributed by atoms with Crippen LogP contribution < -0.4 is 16.4 Å². The molecule has 22 heavy (non-hydrogen) atoms. The van der Waals surface area contributed by atoms with Gasteiger partial charge >= 0.3 is 6.03 Å². The summed E-state index contributed by atoms with van der Waals surface area (Å²) in [7, 11) is 0. The fraction of sp³-hybridized carbons (Fsp3) is 0.467. The van der Waals surface area contributed by atoms with Gasteiger partial charge in [-0.25, -0.2) is 4.79 Å². The lowest BCUT2D eigenvalue weighted by atomic mass is 9.97. The monoisotopic (exact) mass is 326 g/mol. The zero-order valence-electron chi connectivity index (χ0n) is 12.5. The first-order valence-electron chi connectivity index (χ1n) is 7.29. The SMILES string of the molecule is Cl.NCCNC(=O)C1CCCN(C(=O)Nc2ccccc2)C1. The molecule has 1 aromatic rings. The Bertz CT molecular complexity index is 484. The van der Waals surface area contributed by atoms with E-state index in [2.05, 4.69) is 10.6 Å². The Kier molecular flexibility index (Phi) is 7.70. The Hall–Kier alpha value is -1.79. The minimum atomic E-state index is -0.155. The van der Waals surface area contributed by atoms with Crippen LogP contribution in [0.1, 0.15) is 12.8 Å². The molecule has 1 fully saturated rings. The summed E-state index contributed by atoms with van der Waals surface area (Å²) in [5.41, 5.74) is 6.14. The van der Waals surface area contributed by atoms with Crippen LogP contribution >= 0.6 is 12.4 Å². The molecule has 6 nitrogen and oxygen atoms in total. The van der Waals surface area contributed by atoms with Gasteiger partial charge in [0.15, 0.2) is 0 Å². The van der Waals surface area contributed by atoms with Gasteiger partial charge in [-0.2, -0.15) is 0 Å². The highest BCUT2D eigenvalue weighted by molar-refractivity contribution is 5.90. The lowest BCUT2D eigenvalue weighted by Gasteiger charge is -2.32. The number of nitrogens with two attached hydrogens (primary N) is 1. The van der Waals surface area contributed by atoms with Gasteiger partial charge in [-0.1, -0.05) is 18.2 Å². The van der Waals surface area contributed by atoms with Crippen molar-refractivity contribution >= 4 is 30.0 Å². The number of carbonyl (C=O) groups is 2. The summed E-state index contributed by atoms with van der Waals surface area (Å²) in [6, 6.07) is 9.16. The Morgan fingerprint density at radius 1 is 1.27 bits per heavy atom. The normalized spacial score (nSPS) is 17.3. The highest BCUT2D eigenvalue weighted by Crippen LogP contribution is 2.18. The summed E-state index contributed by atoms with van der Waals surface area (Å²) < 4.78 is 0. The maximum atomic E-state index is 12.2. The molecule has 3 amide bonds. The quantitative estimate of drug-likeness (QED) is 0.782. The molecule has 0 aliphatic carbocycles. The van der Waals surface area contributed by atoms with E-state index in [-0.39, 0.29) is 30.3 Å². The number of halogens is 1. The van der Waals surface area contributed by atoms with Crippen LogP contribution in [-0.4, -0.2) is 43.0 Å². The van der Waals surface area contributed by atoms with Gasteiger partial charge in [-0.3, -0.25) is 4.79 Å². The third kappa shape index (κ3) is 5.20. The Morgan fingerprint density at radius 2 is 2.00 bits per heavy atom. The van der Waals surface area contributed by atoms with Crippen LogP contribution in [0.5, 0.6) is 0 Å². The Morgan fingerprint density at radius 3 is 2.68 bits per heavy atom. The minimum absolute atomic E-state index is 0. The van der Waals surface area contributed by atoms with Crippen molar-refractivity contribution in [3.05, 3.63) is 30.3 Å². The van der Waals surface area contributed by atoms with Crippen molar-refractivity contribution in [2.75, 3.05) is 31.5 Å². The maximum absolute atomic E-state index is 12.2. The summed E-state index contributed by atoms with van der Waals surface area (Å²) in [6.45, 7) is 2.04. The Balaban J connectivity index is 0.00000242. The second kappa shape index (κ2) is 9.27. The molecule has 0 bridgehead atoms. The molecule has 1 aliphatic heterocycles. The molecule has 122 valence electrons. The topological polar surface area (TPSA) is 87.5 Å². The van der Waals surface area contributed by atoms with E-state index in [1.807, 2.05) is 30.3 Å². The molecule has 0 spiro atoms. The van der Waals surface area contributed by atoms with Crippen molar-refractivity contribution in [1.82, 2.24) is 10.2 Å². The average Bonchev–Trinajstić information content (AvgIpc) is 2.53. The number of hydrogen-bond donors (Lipinski definition) is 3. The first kappa shape index (κ1) is 18.3. The fourth-order valence-corrected chi connectivity index (χ4v) is 2.44. The number of hydrogen-bond acceptors (Lipinski definition) is 3. The predicted octanol–water partition coefficient (Wildman–Crippen LogP) is 1.43. The van der Waals surface area contributed by atoms with Gasteiger partial charge < -0.3 is 21.3 Å². The molecule has 1 unspecified atom stereocenters. The molecule has 0 saturated carbocycles. The van der Waals surface area contributed by atoms with Crippen LogP contribution in [0, 0.1) is 5.92 Å². The number of urea groups is 1. The summed E-state index contributed by atoms with van der Waals surface area (Å²) in [4.78, 5) is 25.9. The van der Waals surface area contributed by atoms with Crippen LogP contribution in [0.2, 0.25) is 0 Å². The number of amides is 3. The van der Waals surface area contributed by atoms with E-state index >= 15 is 0 Å². The number of carbonyl (C=O) groups excluding carboxylic acids is 2. The molecule has 1 heterocycles. The second-order valence-corrected chi connectivity index (χ2v) is 5.16. The number of piperidine rings is 1. The van der Waals surface area contributed by atoms with E-state index in [1.165, 1.54) is 0 Å². The predicted molar refractivity (Wildman–Crippen MR) is 89.1 cm³/mol. The molecule has 0 aromatic heterocycles. The van der Waals surface area contributed by atoms with Crippen LogP contribution in [0.25, 0.3) is 0 Å². The second-order valence-electron chi connectivity index (χ2n) is 5.16. The first-order chi connectivity index (χ1) is 10.2. The van der Waals surface area contributed by atoms with Crippen molar-refractivity contribution in [1.29, 1.82) is 0 Å². The largest absolute Gasteiger partial charge is 0.355 e. The number of benzene rings is 1. The van der Waals surface area contributed by atoms with Gasteiger partial charge in [0.1, 0.15) is 0 Å². The zero-order chi connectivity index (χ0) is 15.1. The van der Waals surface area contributed by atoms with Crippen LogP contribution in [0.4, 0.5) is 10.5 Å². The molecule has 1 saturated heterocycles. The number of anilines is 1. The standard InChI is InChI=1S/C15H22N4O2.ClH/c16-8-9-17-14(20)12-5-4-10-19(11-12)15(21)18-13-6-2-1-3-7-13;/h1-3,6-7,12H,4-5,8-11,16H2,(H,17,20)(H,18,21);1H. The lowest BCUT2D eigenvalue weighted by molar-refractivity contribution is -0.126. The van der Waals surface area contributed by atoms with Crippen LogP contribution in [0.15, 0.2) is 30.3 Å². The van der Waals surface area contributed by atoms with Gasteiger partial charge in [0, 0.05) is 31.9 Å². The van der Waals surface area contributed by atoms with E-state index in [4.69, 9.17) is 5.73 Å². The molecule has 1 aliphatic rings. The molecule has 2 rings (SSSR count). The van der Waals surface area contributed by atoms with Gasteiger partial charge in [-0.15, -0.1) is 12.4 Å². The van der Waals surface area contributed by atoms with E-state index < -0.39 is 0 Å². The summed E-state index contributed by atoms with van der Waals surface area (Å²) in [5.74, 6) is -0.163. The molecular formula is C15H23ClN4O2. The fourth-order valence-electron chi connectivity index (χ4n) is 2.44. The van der Waals surface area contributed by atoms with Gasteiger partial charge in [0.25, 0.3) is 0 Å². The summed E-state index contributed by atoms with van der Waals surface area (Å²) in [5, 5.41) is 5.64. The first-order valence-corrected chi connectivity index (χ1v) is 7.29. The lowest BCUT2D eigenvalue weighted by Crippen LogP contribution is -2.47. The highest BCUT2D eigenvalue weighted by atomic mass is 35.5. The number of likely N-dealkylation sites (tertiary alicyclic amines) is 1. The van der Waals surface area contributed by atoms with Crippen LogP contribution in [0.3, 0.4) is 0 Å². The van der Waals surface area contributed by atoms with Crippen LogP contribution in [-0.2, 0) is 4.79 Å². The van der Waals surface area contributed by atoms with E-state index in [0.29, 0.717) is 26.2 Å². The number of para-hydroxylation sites is 1. The van der Waals surface area contributed by atoms with Crippen molar-refractivity contribution in [3.8, 4) is 0 Å². The number of nitrogens with zero attached hydrogens (tertiary/aromatic N) is 1. The third-order valence-electron chi connectivity index (χ3n) is 3.55. The zero-order valence-corrected chi connectivity index (χ0v) is 13.3. The number of nitrogens with one attached hydrogen (secondary N) is 2. The van der Waals surface area contributed by atoms with Crippen molar-refractivity contribution in [3.63, 3.8) is 0 Å². The van der Waals surface area contributed by atoms with E-state index in [9.17, 15) is 9.59 Å². The molecule has 1 atom stereocenters. The third-order valence-corrected chi connectivity index (χ3v) is 3.55.